The van der Waals surface area contributed by atoms with E-state index in [1.54, 1.807) is 16.7 Å². The number of ether oxygens (including phenoxy) is 3. The van der Waals surface area contributed by atoms with Crippen molar-refractivity contribution in [2.45, 2.75) is 12.7 Å². The molecule has 0 radical (unpaired) electrons. The van der Waals surface area contributed by atoms with Crippen molar-refractivity contribution < 1.29 is 32.5 Å². The van der Waals surface area contributed by atoms with Gasteiger partial charge >= 0.3 is 6.18 Å². The highest BCUT2D eigenvalue weighted by Gasteiger charge is 2.30. The Morgan fingerprint density at radius 2 is 1.65 bits per heavy atom. The summed E-state index contributed by atoms with van der Waals surface area (Å²) in [6.07, 6.45) is -2.88. The summed E-state index contributed by atoms with van der Waals surface area (Å²) in [5.41, 5.74) is 1.34. The summed E-state index contributed by atoms with van der Waals surface area (Å²) in [6, 6.07) is 8.28. The van der Waals surface area contributed by atoms with Gasteiger partial charge in [-0.25, -0.2) is 4.98 Å². The zero-order valence-corrected chi connectivity index (χ0v) is 20.3. The summed E-state index contributed by atoms with van der Waals surface area (Å²) >= 11 is 0. The minimum atomic E-state index is -4.41. The van der Waals surface area contributed by atoms with Crippen LogP contribution in [0.5, 0.6) is 17.2 Å². The molecular formula is C24H25F3N6O4. The molecule has 0 saturated carbocycles. The first-order valence-corrected chi connectivity index (χ1v) is 11.1. The normalized spacial score (nSPS) is 11.4. The van der Waals surface area contributed by atoms with Crippen molar-refractivity contribution in [3.05, 3.63) is 53.9 Å². The second-order valence-electron chi connectivity index (χ2n) is 7.82. The SMILES string of the molecule is COc1cc(Nc2nc(NCCO)c3ncn(Cc4ccc(C(F)(F)F)cc4)c3n2)cc(OC)c1OC. The van der Waals surface area contributed by atoms with E-state index >= 15 is 0 Å². The molecule has 0 aliphatic heterocycles. The van der Waals surface area contributed by atoms with Crippen LogP contribution in [0.25, 0.3) is 11.2 Å². The fraction of sp³-hybridized carbons (Fsp3) is 0.292. The molecule has 2 heterocycles. The predicted octanol–water partition coefficient (Wildman–Crippen LogP) is 4.07. The number of fused-ring (bicyclic) bond motifs is 1. The highest BCUT2D eigenvalue weighted by atomic mass is 19.4. The first-order chi connectivity index (χ1) is 17.8. The Morgan fingerprint density at radius 3 is 2.22 bits per heavy atom. The van der Waals surface area contributed by atoms with Gasteiger partial charge < -0.3 is 34.5 Å². The maximum atomic E-state index is 12.9. The van der Waals surface area contributed by atoms with E-state index in [4.69, 9.17) is 14.2 Å². The van der Waals surface area contributed by atoms with E-state index < -0.39 is 11.7 Å². The van der Waals surface area contributed by atoms with E-state index in [1.165, 1.54) is 39.8 Å². The molecule has 4 aromatic rings. The first-order valence-electron chi connectivity index (χ1n) is 11.1. The van der Waals surface area contributed by atoms with Crippen molar-refractivity contribution in [2.75, 3.05) is 45.1 Å². The lowest BCUT2D eigenvalue weighted by Crippen LogP contribution is -2.10. The number of hydrogen-bond acceptors (Lipinski definition) is 9. The molecule has 0 aliphatic rings. The molecule has 196 valence electrons. The lowest BCUT2D eigenvalue weighted by atomic mass is 10.1. The van der Waals surface area contributed by atoms with Crippen molar-refractivity contribution in [3.63, 3.8) is 0 Å². The third-order valence-electron chi connectivity index (χ3n) is 5.42. The van der Waals surface area contributed by atoms with E-state index in [9.17, 15) is 18.3 Å². The molecule has 3 N–H and O–H groups in total. The van der Waals surface area contributed by atoms with Crippen molar-refractivity contribution >= 4 is 28.6 Å². The first kappa shape index (κ1) is 25.8. The summed E-state index contributed by atoms with van der Waals surface area (Å²) in [7, 11) is 4.50. The van der Waals surface area contributed by atoms with Gasteiger partial charge in [-0.3, -0.25) is 0 Å². The van der Waals surface area contributed by atoms with Gasteiger partial charge in [-0.05, 0) is 17.7 Å². The van der Waals surface area contributed by atoms with E-state index in [1.807, 2.05) is 0 Å². The monoisotopic (exact) mass is 518 g/mol. The predicted molar refractivity (Wildman–Crippen MR) is 131 cm³/mol. The zero-order chi connectivity index (χ0) is 26.6. The number of aliphatic hydroxyl groups is 1. The molecule has 0 unspecified atom stereocenters. The average Bonchev–Trinajstić information content (AvgIpc) is 3.28. The molecule has 2 aromatic carbocycles. The zero-order valence-electron chi connectivity index (χ0n) is 20.3. The van der Waals surface area contributed by atoms with Gasteiger partial charge in [0.2, 0.25) is 11.7 Å². The Kier molecular flexibility index (Phi) is 7.53. The van der Waals surface area contributed by atoms with E-state index in [0.29, 0.717) is 45.5 Å². The number of rotatable bonds is 10. The van der Waals surface area contributed by atoms with Crippen LogP contribution in [0.2, 0.25) is 0 Å². The van der Waals surface area contributed by atoms with Crippen LogP contribution in [0.4, 0.5) is 30.6 Å². The molecule has 0 amide bonds. The highest BCUT2D eigenvalue weighted by Crippen LogP contribution is 2.40. The summed E-state index contributed by atoms with van der Waals surface area (Å²) in [6.45, 7) is 0.323. The maximum absolute atomic E-state index is 12.9. The number of halogens is 3. The third-order valence-corrected chi connectivity index (χ3v) is 5.42. The van der Waals surface area contributed by atoms with Crippen LogP contribution in [0.3, 0.4) is 0 Å². The van der Waals surface area contributed by atoms with Crippen molar-refractivity contribution in [2.24, 2.45) is 0 Å². The molecule has 0 bridgehead atoms. The molecule has 0 aliphatic carbocycles. The van der Waals surface area contributed by atoms with Crippen molar-refractivity contribution in [1.82, 2.24) is 19.5 Å². The summed E-state index contributed by atoms with van der Waals surface area (Å²) in [4.78, 5) is 13.5. The number of aliphatic hydroxyl groups excluding tert-OH is 1. The number of hydrogen-bond donors (Lipinski definition) is 3. The second-order valence-corrected chi connectivity index (χ2v) is 7.82. The van der Waals surface area contributed by atoms with Crippen molar-refractivity contribution in [3.8, 4) is 17.2 Å². The number of nitrogens with one attached hydrogen (secondary N) is 2. The lowest BCUT2D eigenvalue weighted by molar-refractivity contribution is -0.137. The standard InChI is InChI=1S/C24H25F3N6O4/c1-35-17-10-16(11-18(36-2)20(17)37-3)30-23-31-21(28-8-9-34)19-22(32-23)33(13-29-19)12-14-4-6-15(7-5-14)24(25,26)27/h4-7,10-11,13,34H,8-9,12H2,1-3H3,(H2,28,30,31,32). The van der Waals surface area contributed by atoms with Crippen LogP contribution < -0.4 is 24.8 Å². The van der Waals surface area contributed by atoms with E-state index in [0.717, 1.165) is 12.1 Å². The number of alkyl halides is 3. The Morgan fingerprint density at radius 1 is 0.973 bits per heavy atom. The molecule has 13 heteroatoms. The Hall–Kier alpha value is -4.26. The fourth-order valence-corrected chi connectivity index (χ4v) is 3.69. The van der Waals surface area contributed by atoms with Crippen LogP contribution in [-0.4, -0.2) is 59.1 Å². The Bertz CT molecular complexity index is 1350. The minimum Gasteiger partial charge on any atom is -0.493 e. The average molecular weight is 518 g/mol. The number of nitrogens with zero attached hydrogens (tertiary/aromatic N) is 4. The highest BCUT2D eigenvalue weighted by molar-refractivity contribution is 5.85. The summed E-state index contributed by atoms with van der Waals surface area (Å²) in [5.74, 6) is 1.86. The van der Waals surface area contributed by atoms with Crippen LogP contribution in [0, 0.1) is 0 Å². The number of benzene rings is 2. The van der Waals surface area contributed by atoms with Gasteiger partial charge in [0, 0.05) is 24.4 Å². The molecule has 4 rings (SSSR count). The minimum absolute atomic E-state index is 0.132. The van der Waals surface area contributed by atoms with E-state index in [-0.39, 0.29) is 25.6 Å². The number of aromatic nitrogens is 4. The molecule has 2 aromatic heterocycles. The van der Waals surface area contributed by atoms with E-state index in [2.05, 4.69) is 25.6 Å². The number of anilines is 3. The Balaban J connectivity index is 1.71. The van der Waals surface area contributed by atoms with Gasteiger partial charge in [-0.15, -0.1) is 0 Å². The molecule has 0 saturated heterocycles. The van der Waals surface area contributed by atoms with Gasteiger partial charge in [0.25, 0.3) is 0 Å². The fourth-order valence-electron chi connectivity index (χ4n) is 3.69. The van der Waals surface area contributed by atoms with Crippen LogP contribution in [-0.2, 0) is 12.7 Å². The van der Waals surface area contributed by atoms with Gasteiger partial charge in [0.15, 0.2) is 28.5 Å². The summed E-state index contributed by atoms with van der Waals surface area (Å²) < 4.78 is 56.6. The molecule has 0 fully saturated rings. The number of imidazole rings is 1. The third kappa shape index (κ3) is 5.61. The van der Waals surface area contributed by atoms with Gasteiger partial charge in [0.05, 0.1) is 46.4 Å². The molecule has 10 nitrogen and oxygen atoms in total. The topological polar surface area (TPSA) is 116 Å². The molecule has 0 spiro atoms. The number of methoxy groups -OCH3 is 3. The summed E-state index contributed by atoms with van der Waals surface area (Å²) in [5, 5.41) is 15.4. The smallest absolute Gasteiger partial charge is 0.416 e. The quantitative estimate of drug-likeness (QED) is 0.286. The maximum Gasteiger partial charge on any atom is 0.416 e. The van der Waals surface area contributed by atoms with Gasteiger partial charge in [0.1, 0.15) is 0 Å². The van der Waals surface area contributed by atoms with Gasteiger partial charge in [-0.1, -0.05) is 12.1 Å². The lowest BCUT2D eigenvalue weighted by Gasteiger charge is -2.15. The van der Waals surface area contributed by atoms with Crippen LogP contribution in [0.15, 0.2) is 42.7 Å². The second kappa shape index (κ2) is 10.8. The van der Waals surface area contributed by atoms with Crippen LogP contribution in [0.1, 0.15) is 11.1 Å². The van der Waals surface area contributed by atoms with Crippen LogP contribution >= 0.6 is 0 Å². The molecule has 37 heavy (non-hydrogen) atoms. The van der Waals surface area contributed by atoms with Gasteiger partial charge in [-0.2, -0.15) is 23.1 Å². The largest absolute Gasteiger partial charge is 0.493 e. The molecule has 0 atom stereocenters. The molecular weight excluding hydrogens is 493 g/mol. The van der Waals surface area contributed by atoms with Crippen molar-refractivity contribution in [1.29, 1.82) is 0 Å². The Labute approximate surface area is 210 Å².